The fourth-order valence-electron chi connectivity index (χ4n) is 6.31. The lowest BCUT2D eigenvalue weighted by Crippen LogP contribution is -2.07. The van der Waals surface area contributed by atoms with E-state index in [2.05, 4.69) is 9.97 Å². The molecule has 0 aliphatic heterocycles. The van der Waals surface area contributed by atoms with Crippen LogP contribution in [0.2, 0.25) is 0 Å². The van der Waals surface area contributed by atoms with E-state index in [9.17, 15) is 9.60 Å². The summed E-state index contributed by atoms with van der Waals surface area (Å²) in [6, 6.07) is -17.4. The van der Waals surface area contributed by atoms with E-state index >= 15 is 0 Å². The zero-order valence-electron chi connectivity index (χ0n) is 50.3. The van der Waals surface area contributed by atoms with Crippen molar-refractivity contribution >= 4 is 65.6 Å². The fourth-order valence-corrected chi connectivity index (χ4v) is 6.31. The minimum atomic E-state index is -0.892. The van der Waals surface area contributed by atoms with Gasteiger partial charge in [-0.25, -0.2) is 4.98 Å². The second kappa shape index (κ2) is 10.7. The maximum atomic E-state index is 9.45. The topological polar surface area (TPSA) is 61.7 Å². The summed E-state index contributed by atoms with van der Waals surface area (Å²) in [5.41, 5.74) is -4.63. The molecule has 11 rings (SSSR count). The fraction of sp³-hybridized carbons (Fsp3) is 0. The summed E-state index contributed by atoms with van der Waals surface area (Å²) in [7, 11) is 0. The zero-order chi connectivity index (χ0) is 55.2. The first-order valence-electron chi connectivity index (χ1n) is 27.5. The van der Waals surface area contributed by atoms with Crippen molar-refractivity contribution in [3.8, 4) is 34.4 Å². The van der Waals surface area contributed by atoms with Gasteiger partial charge in [0.05, 0.1) is 61.9 Å². The molecule has 0 fully saturated rings. The van der Waals surface area contributed by atoms with Crippen molar-refractivity contribution in [3.63, 3.8) is 0 Å². The summed E-state index contributed by atoms with van der Waals surface area (Å²) in [5, 5.41) is -1.58. The molecule has 238 valence electrons. The van der Waals surface area contributed by atoms with Gasteiger partial charge in [-0.3, -0.25) is 4.57 Å². The van der Waals surface area contributed by atoms with Crippen LogP contribution >= 0.6 is 0 Å². The third-order valence-corrected chi connectivity index (χ3v) is 8.34. The molecule has 0 atom stereocenters. The number of nitrogens with zero attached hydrogens (tertiary/aromatic N) is 5. The van der Waals surface area contributed by atoms with Gasteiger partial charge in [0.2, 0.25) is 5.95 Å². The third-order valence-electron chi connectivity index (χ3n) is 8.34. The van der Waals surface area contributed by atoms with Gasteiger partial charge in [0.15, 0.2) is 11.6 Å². The largest absolute Gasteiger partial charge is 0.455 e. The van der Waals surface area contributed by atoms with E-state index in [-0.39, 0.29) is 38.0 Å². The zero-order valence-corrected chi connectivity index (χ0v) is 25.3. The van der Waals surface area contributed by atoms with Gasteiger partial charge >= 0.3 is 0 Å². The summed E-state index contributed by atoms with van der Waals surface area (Å²) in [6.07, 6.45) is 0. The molecule has 0 aliphatic carbocycles. The van der Waals surface area contributed by atoms with Crippen LogP contribution in [-0.4, -0.2) is 24.1 Å². The maximum Gasteiger partial charge on any atom is 0.238 e. The number of hydrogen-bond acceptors (Lipinski definition) is 4. The Bertz CT molecular complexity index is 4540. The predicted molar refractivity (Wildman–Crippen MR) is 207 cm³/mol. The van der Waals surface area contributed by atoms with E-state index in [1.807, 2.05) is 0 Å². The maximum absolute atomic E-state index is 9.45. The van der Waals surface area contributed by atoms with Gasteiger partial charge in [-0.05, 0) is 36.3 Å². The Labute approximate surface area is 326 Å². The van der Waals surface area contributed by atoms with Crippen LogP contribution in [0.3, 0.4) is 0 Å². The lowest BCUT2D eigenvalue weighted by atomic mass is 10.1. The molecule has 0 spiro atoms. The molecule has 6 nitrogen and oxygen atoms in total. The van der Waals surface area contributed by atoms with Crippen molar-refractivity contribution in [2.24, 2.45) is 0 Å². The minimum Gasteiger partial charge on any atom is -0.455 e. The van der Waals surface area contributed by atoms with Gasteiger partial charge in [-0.15, -0.1) is 0 Å². The highest BCUT2D eigenvalue weighted by molar-refractivity contribution is 6.23. The van der Waals surface area contributed by atoms with Gasteiger partial charge in [0.1, 0.15) is 11.2 Å². The molecule has 4 heterocycles. The molecule has 0 aliphatic rings. The van der Waals surface area contributed by atoms with E-state index < -0.39 is 213 Å². The summed E-state index contributed by atoms with van der Waals surface area (Å²) in [6.45, 7) is 0. The minimum absolute atomic E-state index is 0.108. The van der Waals surface area contributed by atoms with Gasteiger partial charge in [0.25, 0.3) is 0 Å². The van der Waals surface area contributed by atoms with E-state index in [4.69, 9.17) is 34.1 Å². The highest BCUT2D eigenvalue weighted by Crippen LogP contribution is 2.42. The standard InChI is InChI=1S/C45H27N5O/c1-3-14-28(15-4-1)43-46-44(36-22-13-21-35-32-20-9-12-25-39(32)51-42(35)36)48-45(47-43)50-38-24-11-8-19-31(38)34-27-26-33-30-18-7-10-23-37(30)49(40(33)41(34)50)29-16-5-2-6-17-29/h1-27H/i1D,2D,3D,4D,5D,6D,7D,8D,9D,10D,11D,12D,13D,14D,15D,16D,17D,18D,19D,20D,21D,22D,23D,24D,25D. The van der Waals surface area contributed by atoms with Crippen molar-refractivity contribution in [1.29, 1.82) is 0 Å². The number of aromatic nitrogens is 5. The average Bonchev–Trinajstić information content (AvgIpc) is 4.08. The second-order valence-electron chi connectivity index (χ2n) is 11.0. The van der Waals surface area contributed by atoms with Gasteiger partial charge in [-0.1, -0.05) is 127 Å². The van der Waals surface area contributed by atoms with Crippen molar-refractivity contribution in [1.82, 2.24) is 24.1 Å². The molecule has 0 unspecified atom stereocenters. The Kier molecular flexibility index (Phi) is 2.74. The number of benzene rings is 7. The third kappa shape index (κ3) is 4.07. The van der Waals surface area contributed by atoms with Gasteiger partial charge in [-0.2, -0.15) is 9.97 Å². The number of furan rings is 1. The molecule has 6 heteroatoms. The van der Waals surface area contributed by atoms with Crippen LogP contribution in [0.1, 0.15) is 34.3 Å². The predicted octanol–water partition coefficient (Wildman–Crippen LogP) is 11.3. The van der Waals surface area contributed by atoms with E-state index in [0.29, 0.717) is 0 Å². The Hall–Kier alpha value is -7.05. The molecule has 0 N–H and O–H groups in total. The van der Waals surface area contributed by atoms with Crippen LogP contribution in [-0.2, 0) is 0 Å². The molecular weight excluding hydrogens is 627 g/mol. The average molecular weight is 679 g/mol. The number of rotatable bonds is 4. The molecule has 0 saturated heterocycles. The van der Waals surface area contributed by atoms with Crippen LogP contribution < -0.4 is 0 Å². The summed E-state index contributed by atoms with van der Waals surface area (Å²) in [4.78, 5) is 13.8. The SMILES string of the molecule is [2H]c1c([2H])c([2H])c(-c2nc(-c3c([2H])c([2H])c([2H])c4c3oc3c([2H])c([2H])c([2H])c([2H])c34)nc(-n3c4c([2H])c([2H])c([2H])c([2H])c4c4ccc5c6c([2H])c([2H])c([2H])c([2H])c6n(-c6c([2H])c([2H])c([2H])c([2H])c6[2H])c5c43)n2)c([2H])c1[2H]. The van der Waals surface area contributed by atoms with Crippen LogP contribution in [0, 0.1) is 0 Å². The number of hydrogen-bond donors (Lipinski definition) is 0. The number of para-hydroxylation sites is 5. The molecule has 0 bridgehead atoms. The Morgan fingerprint density at radius 3 is 1.76 bits per heavy atom. The highest BCUT2D eigenvalue weighted by Gasteiger charge is 2.24. The first kappa shape index (κ1) is 13.0. The first-order valence-corrected chi connectivity index (χ1v) is 15.0. The van der Waals surface area contributed by atoms with Gasteiger partial charge in [0, 0.05) is 43.6 Å². The van der Waals surface area contributed by atoms with Crippen LogP contribution in [0.4, 0.5) is 0 Å². The molecule has 11 aromatic rings. The normalized spacial score (nSPS) is 18.8. The molecule has 0 radical (unpaired) electrons. The van der Waals surface area contributed by atoms with Crippen LogP contribution in [0.25, 0.3) is 100.0 Å². The lowest BCUT2D eigenvalue weighted by Gasteiger charge is -2.13. The number of fused-ring (bicyclic) bond motifs is 10. The summed E-state index contributed by atoms with van der Waals surface area (Å²) in [5.74, 6) is -2.34. The summed E-state index contributed by atoms with van der Waals surface area (Å²) < 4.78 is 229. The lowest BCUT2D eigenvalue weighted by molar-refractivity contribution is 0.669. The smallest absolute Gasteiger partial charge is 0.238 e. The molecule has 51 heavy (non-hydrogen) atoms. The van der Waals surface area contributed by atoms with E-state index in [1.165, 1.54) is 12.1 Å². The Morgan fingerprint density at radius 1 is 0.451 bits per heavy atom. The summed E-state index contributed by atoms with van der Waals surface area (Å²) >= 11 is 0. The van der Waals surface area contributed by atoms with E-state index in [1.54, 1.807) is 0 Å². The van der Waals surface area contributed by atoms with Crippen molar-refractivity contribution in [3.05, 3.63) is 163 Å². The Balaban J connectivity index is 1.45. The molecule has 0 amide bonds. The molecular formula is C45H27N5O. The molecule has 7 aromatic carbocycles. The van der Waals surface area contributed by atoms with Crippen molar-refractivity contribution in [2.45, 2.75) is 0 Å². The van der Waals surface area contributed by atoms with E-state index in [0.717, 1.165) is 9.13 Å². The van der Waals surface area contributed by atoms with Gasteiger partial charge < -0.3 is 8.98 Å². The second-order valence-corrected chi connectivity index (χ2v) is 11.0. The quantitative estimate of drug-likeness (QED) is 0.186. The van der Waals surface area contributed by atoms with Crippen LogP contribution in [0.5, 0.6) is 0 Å². The van der Waals surface area contributed by atoms with Crippen molar-refractivity contribution < 1.29 is 38.7 Å². The monoisotopic (exact) mass is 678 g/mol. The molecule has 0 saturated carbocycles. The van der Waals surface area contributed by atoms with Crippen molar-refractivity contribution in [2.75, 3.05) is 0 Å². The highest BCUT2D eigenvalue weighted by atomic mass is 16.3. The van der Waals surface area contributed by atoms with Crippen LogP contribution in [0.15, 0.2) is 168 Å². The molecule has 4 aromatic heterocycles. The first-order chi connectivity index (χ1) is 35.7. The Morgan fingerprint density at radius 2 is 1.02 bits per heavy atom.